The molecule has 0 aliphatic carbocycles. The van der Waals surface area contributed by atoms with E-state index in [1.165, 1.54) is 0 Å². The van der Waals surface area contributed by atoms with Crippen molar-refractivity contribution in [3.63, 3.8) is 0 Å². The molecule has 0 aliphatic rings. The Morgan fingerprint density at radius 2 is 1.83 bits per heavy atom. The Balaban J connectivity index is 1.57. The monoisotopic (exact) mass is 419 g/mol. The minimum Gasteiger partial charge on any atom is -0.486 e. The zero-order valence-electron chi connectivity index (χ0n) is 16.9. The summed E-state index contributed by atoms with van der Waals surface area (Å²) in [5.74, 6) is 1.26. The highest BCUT2D eigenvalue weighted by atomic mass is 35.5. The summed E-state index contributed by atoms with van der Waals surface area (Å²) in [6.07, 6.45) is 0. The summed E-state index contributed by atoms with van der Waals surface area (Å²) in [5.41, 5.74) is 4.66. The number of aryl methyl sites for hydroxylation is 2. The molecule has 3 aromatic carbocycles. The molecule has 1 N–H and O–H groups in total. The number of aromatic nitrogens is 2. The Hall–Kier alpha value is -3.31. The van der Waals surface area contributed by atoms with Crippen molar-refractivity contribution in [3.8, 4) is 5.75 Å². The van der Waals surface area contributed by atoms with Crippen molar-refractivity contribution in [2.24, 2.45) is 0 Å². The van der Waals surface area contributed by atoms with E-state index in [1.807, 2.05) is 73.0 Å². The van der Waals surface area contributed by atoms with E-state index in [0.29, 0.717) is 16.6 Å². The molecule has 0 unspecified atom stereocenters. The largest absolute Gasteiger partial charge is 0.486 e. The lowest BCUT2D eigenvalue weighted by Gasteiger charge is -2.13. The van der Waals surface area contributed by atoms with Gasteiger partial charge in [0.05, 0.1) is 11.0 Å². The maximum absolute atomic E-state index is 12.8. The third-order valence-electron chi connectivity index (χ3n) is 4.88. The van der Waals surface area contributed by atoms with Gasteiger partial charge in [-0.2, -0.15) is 0 Å². The van der Waals surface area contributed by atoms with E-state index in [1.54, 1.807) is 12.1 Å². The van der Waals surface area contributed by atoms with Crippen LogP contribution >= 0.6 is 11.6 Å². The van der Waals surface area contributed by atoms with Gasteiger partial charge in [0.15, 0.2) is 0 Å². The van der Waals surface area contributed by atoms with Crippen molar-refractivity contribution < 1.29 is 9.53 Å². The highest BCUT2D eigenvalue weighted by molar-refractivity contribution is 6.30. The van der Waals surface area contributed by atoms with Gasteiger partial charge in [-0.05, 0) is 67.4 Å². The van der Waals surface area contributed by atoms with Crippen LogP contribution in [0.15, 0.2) is 66.7 Å². The summed E-state index contributed by atoms with van der Waals surface area (Å²) in [6, 6.07) is 20.9. The predicted octanol–water partition coefficient (Wildman–Crippen LogP) is 5.52. The summed E-state index contributed by atoms with van der Waals surface area (Å²) in [6.45, 7) is 4.37. The quantitative estimate of drug-likeness (QED) is 0.447. The van der Waals surface area contributed by atoms with Gasteiger partial charge < -0.3 is 14.6 Å². The van der Waals surface area contributed by atoms with Crippen molar-refractivity contribution in [3.05, 3.63) is 88.7 Å². The molecule has 0 spiro atoms. The molecule has 0 radical (unpaired) electrons. The topological polar surface area (TPSA) is 56.2 Å². The Morgan fingerprint density at radius 3 is 2.63 bits per heavy atom. The van der Waals surface area contributed by atoms with Crippen molar-refractivity contribution in [1.82, 2.24) is 9.55 Å². The molecule has 0 saturated carbocycles. The minimum atomic E-state index is -0.111. The fourth-order valence-corrected chi connectivity index (χ4v) is 3.42. The third-order valence-corrected chi connectivity index (χ3v) is 5.14. The van der Waals surface area contributed by atoms with Crippen LogP contribution in [0.2, 0.25) is 5.02 Å². The number of para-hydroxylation sites is 2. The molecule has 0 bridgehead atoms. The Bertz CT molecular complexity index is 1200. The average molecular weight is 420 g/mol. The maximum Gasteiger partial charge on any atom is 0.244 e. The second-order valence-electron chi connectivity index (χ2n) is 7.21. The molecule has 1 heterocycles. The average Bonchev–Trinajstić information content (AvgIpc) is 3.08. The number of nitrogens with zero attached hydrogens (tertiary/aromatic N) is 2. The molecule has 1 aromatic heterocycles. The lowest BCUT2D eigenvalue weighted by Crippen LogP contribution is -2.21. The number of rotatable bonds is 6. The van der Waals surface area contributed by atoms with E-state index < -0.39 is 0 Å². The zero-order chi connectivity index (χ0) is 21.1. The molecule has 0 aliphatic heterocycles. The van der Waals surface area contributed by atoms with Gasteiger partial charge in [-0.1, -0.05) is 35.9 Å². The molecule has 6 heteroatoms. The molecular formula is C24H22ClN3O2. The van der Waals surface area contributed by atoms with Gasteiger partial charge in [-0.25, -0.2) is 4.98 Å². The number of ether oxygens (including phenoxy) is 1. The van der Waals surface area contributed by atoms with Crippen LogP contribution in [-0.2, 0) is 17.9 Å². The normalized spacial score (nSPS) is 10.9. The zero-order valence-corrected chi connectivity index (χ0v) is 17.6. The fraction of sp³-hybridized carbons (Fsp3) is 0.167. The Morgan fingerprint density at radius 1 is 1.07 bits per heavy atom. The number of halogens is 1. The second-order valence-corrected chi connectivity index (χ2v) is 7.65. The maximum atomic E-state index is 12.8. The molecule has 0 fully saturated rings. The molecule has 4 rings (SSSR count). The molecule has 1 amide bonds. The first-order chi connectivity index (χ1) is 14.5. The lowest BCUT2D eigenvalue weighted by molar-refractivity contribution is -0.116. The van der Waals surface area contributed by atoms with Gasteiger partial charge in [0.2, 0.25) is 5.91 Å². The summed E-state index contributed by atoms with van der Waals surface area (Å²) in [7, 11) is 0. The molecule has 30 heavy (non-hydrogen) atoms. The number of nitrogens with one attached hydrogen (secondary N) is 1. The van der Waals surface area contributed by atoms with Crippen molar-refractivity contribution in [1.29, 1.82) is 0 Å². The Labute approximate surface area is 180 Å². The highest BCUT2D eigenvalue weighted by Crippen LogP contribution is 2.21. The van der Waals surface area contributed by atoms with Crippen LogP contribution in [0.1, 0.15) is 17.0 Å². The molecule has 0 atom stereocenters. The fourth-order valence-electron chi connectivity index (χ4n) is 3.29. The van der Waals surface area contributed by atoms with Crippen molar-refractivity contribution >= 4 is 34.2 Å². The number of benzene rings is 3. The van der Waals surface area contributed by atoms with Crippen LogP contribution in [0.25, 0.3) is 11.0 Å². The first-order valence-corrected chi connectivity index (χ1v) is 10.1. The molecule has 4 aromatic rings. The smallest absolute Gasteiger partial charge is 0.244 e. The number of imidazole rings is 1. The summed E-state index contributed by atoms with van der Waals surface area (Å²) in [5, 5.41) is 3.67. The first-order valence-electron chi connectivity index (χ1n) is 9.69. The van der Waals surface area contributed by atoms with Crippen LogP contribution in [-0.4, -0.2) is 15.5 Å². The molecule has 0 saturated heterocycles. The number of hydrogen-bond donors (Lipinski definition) is 1. The number of carbonyl (C=O) groups is 1. The van der Waals surface area contributed by atoms with Gasteiger partial charge in [-0.15, -0.1) is 0 Å². The van der Waals surface area contributed by atoms with E-state index in [9.17, 15) is 4.79 Å². The number of hydrogen-bond acceptors (Lipinski definition) is 3. The number of carbonyl (C=O) groups excluding carboxylic acids is 1. The molecule has 152 valence electrons. The van der Waals surface area contributed by atoms with Gasteiger partial charge in [-0.3, -0.25) is 4.79 Å². The van der Waals surface area contributed by atoms with Crippen LogP contribution < -0.4 is 10.1 Å². The molecular weight excluding hydrogens is 398 g/mol. The van der Waals surface area contributed by atoms with Crippen LogP contribution in [0.4, 0.5) is 5.69 Å². The standard InChI is InChI=1S/C24H22ClN3O2/c1-16-7-8-17(2)21(13-16)27-24(29)14-28-22-6-4-3-5-20(22)26-23(28)15-30-19-11-9-18(25)10-12-19/h3-13H,14-15H2,1-2H3,(H,27,29). The van der Waals surface area contributed by atoms with Gasteiger partial charge in [0.1, 0.15) is 24.7 Å². The number of amides is 1. The van der Waals surface area contributed by atoms with Crippen LogP contribution in [0.5, 0.6) is 5.75 Å². The second kappa shape index (κ2) is 8.59. The van der Waals surface area contributed by atoms with Crippen molar-refractivity contribution in [2.45, 2.75) is 27.0 Å². The SMILES string of the molecule is Cc1ccc(C)c(NC(=O)Cn2c(COc3ccc(Cl)cc3)nc3ccccc32)c1. The van der Waals surface area contributed by atoms with E-state index in [2.05, 4.69) is 10.3 Å². The van der Waals surface area contributed by atoms with E-state index in [-0.39, 0.29) is 19.1 Å². The number of fused-ring (bicyclic) bond motifs is 1. The highest BCUT2D eigenvalue weighted by Gasteiger charge is 2.15. The Kier molecular flexibility index (Phi) is 5.72. The predicted molar refractivity (Wildman–Crippen MR) is 120 cm³/mol. The van der Waals surface area contributed by atoms with E-state index in [0.717, 1.165) is 27.8 Å². The van der Waals surface area contributed by atoms with E-state index >= 15 is 0 Å². The summed E-state index contributed by atoms with van der Waals surface area (Å²) >= 11 is 5.94. The first kappa shape index (κ1) is 20.0. The van der Waals surface area contributed by atoms with Crippen molar-refractivity contribution in [2.75, 3.05) is 5.32 Å². The van der Waals surface area contributed by atoms with Gasteiger partial charge in [0.25, 0.3) is 0 Å². The van der Waals surface area contributed by atoms with Crippen LogP contribution in [0, 0.1) is 13.8 Å². The van der Waals surface area contributed by atoms with E-state index in [4.69, 9.17) is 16.3 Å². The van der Waals surface area contributed by atoms with Crippen LogP contribution in [0.3, 0.4) is 0 Å². The number of anilines is 1. The minimum absolute atomic E-state index is 0.111. The van der Waals surface area contributed by atoms with Gasteiger partial charge in [0, 0.05) is 10.7 Å². The third kappa shape index (κ3) is 4.47. The summed E-state index contributed by atoms with van der Waals surface area (Å²) in [4.78, 5) is 17.5. The lowest BCUT2D eigenvalue weighted by atomic mass is 10.1. The summed E-state index contributed by atoms with van der Waals surface area (Å²) < 4.78 is 7.77. The molecule has 5 nitrogen and oxygen atoms in total. The van der Waals surface area contributed by atoms with Gasteiger partial charge >= 0.3 is 0 Å².